The Hall–Kier alpha value is -2.89. The Bertz CT molecular complexity index is 1150. The lowest BCUT2D eigenvalue weighted by Gasteiger charge is -2.18. The molecule has 0 aromatic carbocycles. The van der Waals surface area contributed by atoms with Crippen LogP contribution in [0.5, 0.6) is 0 Å². The van der Waals surface area contributed by atoms with Gasteiger partial charge >= 0.3 is 17.9 Å². The van der Waals surface area contributed by atoms with Gasteiger partial charge in [0.05, 0.1) is 0 Å². The van der Waals surface area contributed by atoms with Gasteiger partial charge in [0, 0.05) is 19.3 Å². The van der Waals surface area contributed by atoms with Gasteiger partial charge in [0.25, 0.3) is 0 Å². The number of hydrogen-bond acceptors (Lipinski definition) is 6. The normalized spacial score (nSPS) is 12.5. The number of rotatable bonds is 48. The number of ether oxygens (including phenoxy) is 3. The maximum atomic E-state index is 12.8. The van der Waals surface area contributed by atoms with Crippen LogP contribution in [0.1, 0.15) is 265 Å². The smallest absolute Gasteiger partial charge is 0.306 e. The van der Waals surface area contributed by atoms with Gasteiger partial charge in [0.1, 0.15) is 13.2 Å². The van der Waals surface area contributed by atoms with Gasteiger partial charge in [-0.3, -0.25) is 14.4 Å². The zero-order valence-electron chi connectivity index (χ0n) is 41.6. The first-order valence-corrected chi connectivity index (χ1v) is 26.8. The zero-order valence-corrected chi connectivity index (χ0v) is 41.6. The molecule has 0 aliphatic rings. The van der Waals surface area contributed by atoms with Crippen LogP contribution in [0.2, 0.25) is 0 Å². The molecule has 0 aliphatic carbocycles. The van der Waals surface area contributed by atoms with Gasteiger partial charge in [0.2, 0.25) is 0 Å². The van der Waals surface area contributed by atoms with Crippen molar-refractivity contribution in [3.05, 3.63) is 60.8 Å². The van der Waals surface area contributed by atoms with Crippen molar-refractivity contribution in [2.24, 2.45) is 0 Å². The molecule has 6 heteroatoms. The molecule has 0 rings (SSSR count). The van der Waals surface area contributed by atoms with Gasteiger partial charge in [-0.2, -0.15) is 0 Å². The molecule has 0 aliphatic heterocycles. The zero-order chi connectivity index (χ0) is 45.8. The molecule has 0 spiro atoms. The average Bonchev–Trinajstić information content (AvgIpc) is 3.28. The topological polar surface area (TPSA) is 78.9 Å². The highest BCUT2D eigenvalue weighted by Crippen LogP contribution is 2.15. The van der Waals surface area contributed by atoms with Gasteiger partial charge in [-0.25, -0.2) is 0 Å². The van der Waals surface area contributed by atoms with Crippen LogP contribution in [0.4, 0.5) is 0 Å². The Balaban J connectivity index is 4.37. The van der Waals surface area contributed by atoms with Gasteiger partial charge in [-0.05, 0) is 103 Å². The highest BCUT2D eigenvalue weighted by Gasteiger charge is 2.19. The fourth-order valence-corrected chi connectivity index (χ4v) is 7.45. The van der Waals surface area contributed by atoms with E-state index in [1.54, 1.807) is 0 Å². The first-order valence-electron chi connectivity index (χ1n) is 26.8. The van der Waals surface area contributed by atoms with E-state index in [0.717, 1.165) is 89.9 Å². The van der Waals surface area contributed by atoms with E-state index in [4.69, 9.17) is 14.2 Å². The minimum absolute atomic E-state index is 0.0892. The minimum atomic E-state index is -0.792. The third-order valence-corrected chi connectivity index (χ3v) is 11.5. The summed E-state index contributed by atoms with van der Waals surface area (Å²) in [7, 11) is 0. The van der Waals surface area contributed by atoms with E-state index >= 15 is 0 Å². The van der Waals surface area contributed by atoms with Crippen molar-refractivity contribution in [2.45, 2.75) is 271 Å². The lowest BCUT2D eigenvalue weighted by Crippen LogP contribution is -2.30. The molecule has 0 aromatic rings. The van der Waals surface area contributed by atoms with Crippen molar-refractivity contribution in [1.82, 2.24) is 0 Å². The Morgan fingerprint density at radius 1 is 0.333 bits per heavy atom. The van der Waals surface area contributed by atoms with E-state index in [9.17, 15) is 14.4 Å². The highest BCUT2D eigenvalue weighted by molar-refractivity contribution is 5.71. The van der Waals surface area contributed by atoms with E-state index < -0.39 is 6.10 Å². The Labute approximate surface area is 390 Å². The summed E-state index contributed by atoms with van der Waals surface area (Å²) < 4.78 is 16.8. The molecule has 0 heterocycles. The molecule has 0 N–H and O–H groups in total. The molecule has 0 fully saturated rings. The van der Waals surface area contributed by atoms with Gasteiger partial charge in [-0.15, -0.1) is 0 Å². The Kier molecular flexibility index (Phi) is 49.4. The second kappa shape index (κ2) is 51.7. The molecule has 0 saturated carbocycles. The average molecular weight is 881 g/mol. The third kappa shape index (κ3) is 50.0. The maximum absolute atomic E-state index is 12.8. The van der Waals surface area contributed by atoms with Crippen molar-refractivity contribution >= 4 is 17.9 Å². The fraction of sp³-hybridized carbons (Fsp3) is 0.772. The van der Waals surface area contributed by atoms with E-state index in [0.29, 0.717) is 19.3 Å². The van der Waals surface area contributed by atoms with Crippen LogP contribution in [0, 0.1) is 0 Å². The summed E-state index contributed by atoms with van der Waals surface area (Å²) in [6.07, 6.45) is 63.5. The number of esters is 3. The molecule has 1 unspecified atom stereocenters. The van der Waals surface area contributed by atoms with Gasteiger partial charge < -0.3 is 14.2 Å². The second-order valence-corrected chi connectivity index (χ2v) is 17.7. The van der Waals surface area contributed by atoms with Crippen molar-refractivity contribution in [1.29, 1.82) is 0 Å². The largest absolute Gasteiger partial charge is 0.462 e. The second-order valence-electron chi connectivity index (χ2n) is 17.7. The summed E-state index contributed by atoms with van der Waals surface area (Å²) >= 11 is 0. The molecule has 0 radical (unpaired) electrons. The molecule has 6 nitrogen and oxygen atoms in total. The first-order chi connectivity index (χ1) is 31.0. The fourth-order valence-electron chi connectivity index (χ4n) is 7.45. The first kappa shape index (κ1) is 60.1. The van der Waals surface area contributed by atoms with Crippen molar-refractivity contribution < 1.29 is 28.6 Å². The lowest BCUT2D eigenvalue weighted by molar-refractivity contribution is -0.167. The summed E-state index contributed by atoms with van der Waals surface area (Å²) in [6, 6.07) is 0. The number of hydrogen-bond donors (Lipinski definition) is 0. The van der Waals surface area contributed by atoms with E-state index in [1.165, 1.54) is 135 Å². The molecule has 0 aromatic heterocycles. The van der Waals surface area contributed by atoms with E-state index in [2.05, 4.69) is 81.5 Å². The van der Waals surface area contributed by atoms with Crippen LogP contribution in [0.25, 0.3) is 0 Å². The van der Waals surface area contributed by atoms with Crippen LogP contribution >= 0.6 is 0 Å². The molecule has 63 heavy (non-hydrogen) atoms. The molecule has 364 valence electrons. The Morgan fingerprint density at radius 3 is 1.02 bits per heavy atom. The summed E-state index contributed by atoms with van der Waals surface area (Å²) in [5, 5.41) is 0. The van der Waals surface area contributed by atoms with Gasteiger partial charge in [-0.1, -0.05) is 204 Å². The lowest BCUT2D eigenvalue weighted by atomic mass is 10.1. The standard InChI is InChI=1S/C57H100O6/c1-4-7-10-13-16-19-22-25-26-27-28-29-30-33-35-38-41-44-47-50-56(59)62-53-54(63-57(60)51-48-45-42-39-36-32-24-21-18-15-12-9-6-3)52-61-55(58)49-46-43-40-37-34-31-23-20-17-14-11-8-5-2/h9,12,18,20-21,23,25-26,32,36,54H,4-8,10-11,13-17,19,22,24,27-31,33-35,37-53H2,1-3H3/b12-9-,21-18-,23-20-,26-25-,36-32-. The molecule has 0 bridgehead atoms. The van der Waals surface area contributed by atoms with Gasteiger partial charge in [0.15, 0.2) is 6.10 Å². The molecular formula is C57H100O6. The monoisotopic (exact) mass is 881 g/mol. The summed E-state index contributed by atoms with van der Waals surface area (Å²) in [5.41, 5.74) is 0. The van der Waals surface area contributed by atoms with Crippen molar-refractivity contribution in [3.63, 3.8) is 0 Å². The quantitative estimate of drug-likeness (QED) is 0.0262. The van der Waals surface area contributed by atoms with E-state index in [1.807, 2.05) is 0 Å². The minimum Gasteiger partial charge on any atom is -0.462 e. The summed E-state index contributed by atoms with van der Waals surface area (Å²) in [4.78, 5) is 38.0. The van der Waals surface area contributed by atoms with Crippen molar-refractivity contribution in [2.75, 3.05) is 13.2 Å². The summed E-state index contributed by atoms with van der Waals surface area (Å²) in [6.45, 7) is 6.48. The number of unbranched alkanes of at least 4 members (excludes halogenated alkanes) is 27. The summed E-state index contributed by atoms with van der Waals surface area (Å²) in [5.74, 6) is -0.925. The van der Waals surface area contributed by atoms with Crippen LogP contribution in [0.3, 0.4) is 0 Å². The molecule has 0 amide bonds. The van der Waals surface area contributed by atoms with E-state index in [-0.39, 0.29) is 31.1 Å². The highest BCUT2D eigenvalue weighted by atomic mass is 16.6. The predicted octanol–water partition coefficient (Wildman–Crippen LogP) is 17.6. The molecule has 1 atom stereocenters. The van der Waals surface area contributed by atoms with Crippen LogP contribution in [-0.2, 0) is 28.6 Å². The number of allylic oxidation sites excluding steroid dienone is 10. The van der Waals surface area contributed by atoms with Crippen LogP contribution < -0.4 is 0 Å². The SMILES string of the molecule is CC/C=C\C/C=C\C/C=C\CCCCCC(=O)OC(COC(=O)CCCCCCC/C=C\CCCCCC)COC(=O)CCCCCCCCCCC/C=C\CCCCCCCC. The third-order valence-electron chi connectivity index (χ3n) is 11.5. The predicted molar refractivity (Wildman–Crippen MR) is 270 cm³/mol. The van der Waals surface area contributed by atoms with Crippen LogP contribution in [-0.4, -0.2) is 37.2 Å². The Morgan fingerprint density at radius 2 is 0.619 bits per heavy atom. The number of carbonyl (C=O) groups excluding carboxylic acids is 3. The molecule has 0 saturated heterocycles. The number of carbonyl (C=O) groups is 3. The molecular weight excluding hydrogens is 781 g/mol. The van der Waals surface area contributed by atoms with Crippen LogP contribution in [0.15, 0.2) is 60.8 Å². The van der Waals surface area contributed by atoms with Crippen molar-refractivity contribution in [3.8, 4) is 0 Å². The maximum Gasteiger partial charge on any atom is 0.306 e.